The Morgan fingerprint density at radius 1 is 1.37 bits per heavy atom. The van der Waals surface area contributed by atoms with Gasteiger partial charge in [-0.05, 0) is 31.8 Å². The van der Waals surface area contributed by atoms with Crippen LogP contribution in [0.5, 0.6) is 0 Å². The van der Waals surface area contributed by atoms with Crippen molar-refractivity contribution in [3.8, 4) is 0 Å². The van der Waals surface area contributed by atoms with E-state index in [4.69, 9.17) is 9.26 Å². The number of nitrogens with one attached hydrogen (secondary N) is 1. The van der Waals surface area contributed by atoms with E-state index < -0.39 is 13.0 Å². The molecule has 7 heteroatoms. The van der Waals surface area contributed by atoms with Crippen LogP contribution in [0.4, 0.5) is 8.78 Å². The van der Waals surface area contributed by atoms with Crippen molar-refractivity contribution in [2.45, 2.75) is 32.1 Å². The molecular weight excluding hydrogens is 256 g/mol. The van der Waals surface area contributed by atoms with Crippen LogP contribution in [-0.4, -0.2) is 42.9 Å². The monoisotopic (exact) mass is 275 g/mol. The zero-order chi connectivity index (χ0) is 13.5. The Morgan fingerprint density at radius 3 is 2.89 bits per heavy atom. The number of hydrogen-bond acceptors (Lipinski definition) is 5. The SMILES string of the molecule is FC(F)COCCc1noc(CC2CCNCC2)n1. The lowest BCUT2D eigenvalue weighted by atomic mass is 9.95. The van der Waals surface area contributed by atoms with E-state index in [0.29, 0.717) is 24.1 Å². The fourth-order valence-corrected chi connectivity index (χ4v) is 2.14. The van der Waals surface area contributed by atoms with Gasteiger partial charge in [0.25, 0.3) is 6.43 Å². The van der Waals surface area contributed by atoms with Crippen molar-refractivity contribution in [3.63, 3.8) is 0 Å². The molecule has 0 saturated carbocycles. The number of ether oxygens (including phenoxy) is 1. The Labute approximate surface area is 110 Å². The van der Waals surface area contributed by atoms with Crippen molar-refractivity contribution in [1.82, 2.24) is 15.5 Å². The van der Waals surface area contributed by atoms with Crippen LogP contribution in [0.15, 0.2) is 4.52 Å². The Kier molecular flexibility index (Phi) is 5.65. The largest absolute Gasteiger partial charge is 0.375 e. The number of piperidine rings is 1. The van der Waals surface area contributed by atoms with Gasteiger partial charge in [0.1, 0.15) is 6.61 Å². The summed E-state index contributed by atoms with van der Waals surface area (Å²) in [6.07, 6.45) is 1.01. The van der Waals surface area contributed by atoms with Crippen molar-refractivity contribution in [3.05, 3.63) is 11.7 Å². The van der Waals surface area contributed by atoms with E-state index >= 15 is 0 Å². The quantitative estimate of drug-likeness (QED) is 0.763. The summed E-state index contributed by atoms with van der Waals surface area (Å²) in [6, 6.07) is 0. The second-order valence-electron chi connectivity index (χ2n) is 4.72. The predicted octanol–water partition coefficient (Wildman–Crippen LogP) is 1.44. The second-order valence-corrected chi connectivity index (χ2v) is 4.72. The fraction of sp³-hybridized carbons (Fsp3) is 0.833. The van der Waals surface area contributed by atoms with E-state index in [2.05, 4.69) is 15.5 Å². The van der Waals surface area contributed by atoms with Gasteiger partial charge in [0.2, 0.25) is 5.89 Å². The maximum Gasteiger partial charge on any atom is 0.261 e. The van der Waals surface area contributed by atoms with Gasteiger partial charge in [-0.3, -0.25) is 0 Å². The molecule has 1 aromatic rings. The van der Waals surface area contributed by atoms with Crippen LogP contribution in [0.1, 0.15) is 24.6 Å². The molecule has 1 fully saturated rings. The van der Waals surface area contributed by atoms with E-state index in [9.17, 15) is 8.78 Å². The molecule has 0 atom stereocenters. The van der Waals surface area contributed by atoms with Gasteiger partial charge in [-0.2, -0.15) is 4.98 Å². The number of rotatable bonds is 7. The standard InChI is InChI=1S/C12H19F2N3O2/c13-10(14)8-18-6-3-11-16-12(19-17-11)7-9-1-4-15-5-2-9/h9-10,15H,1-8H2. The first kappa shape index (κ1) is 14.3. The second kappa shape index (κ2) is 7.49. The average molecular weight is 275 g/mol. The lowest BCUT2D eigenvalue weighted by Crippen LogP contribution is -2.28. The molecule has 2 heterocycles. The Balaban J connectivity index is 1.69. The van der Waals surface area contributed by atoms with E-state index in [1.165, 1.54) is 0 Å². The summed E-state index contributed by atoms with van der Waals surface area (Å²) in [5.74, 6) is 1.75. The lowest BCUT2D eigenvalue weighted by molar-refractivity contribution is 0.0182. The summed E-state index contributed by atoms with van der Waals surface area (Å²) in [5.41, 5.74) is 0. The highest BCUT2D eigenvalue weighted by Gasteiger charge is 2.17. The highest BCUT2D eigenvalue weighted by molar-refractivity contribution is 4.89. The normalized spacial score (nSPS) is 17.2. The molecule has 0 radical (unpaired) electrons. The molecule has 0 unspecified atom stereocenters. The number of aromatic nitrogens is 2. The van der Waals surface area contributed by atoms with Gasteiger partial charge < -0.3 is 14.6 Å². The summed E-state index contributed by atoms with van der Waals surface area (Å²) in [7, 11) is 0. The summed E-state index contributed by atoms with van der Waals surface area (Å²) >= 11 is 0. The molecule has 2 rings (SSSR count). The highest BCUT2D eigenvalue weighted by atomic mass is 19.3. The molecule has 0 bridgehead atoms. The number of hydrogen-bond donors (Lipinski definition) is 1. The fourth-order valence-electron chi connectivity index (χ4n) is 2.14. The van der Waals surface area contributed by atoms with Crippen molar-refractivity contribution in [2.24, 2.45) is 5.92 Å². The van der Waals surface area contributed by atoms with Crippen LogP contribution < -0.4 is 5.32 Å². The molecule has 1 saturated heterocycles. The van der Waals surface area contributed by atoms with Gasteiger partial charge in [-0.1, -0.05) is 5.16 Å². The third kappa shape index (κ3) is 5.20. The third-order valence-electron chi connectivity index (χ3n) is 3.15. The average Bonchev–Trinajstić information content (AvgIpc) is 2.83. The topological polar surface area (TPSA) is 60.2 Å². The molecule has 0 amide bonds. The van der Waals surface area contributed by atoms with Gasteiger partial charge in [-0.25, -0.2) is 8.78 Å². The van der Waals surface area contributed by atoms with E-state index in [0.717, 1.165) is 32.4 Å². The first-order valence-electron chi connectivity index (χ1n) is 6.62. The first-order chi connectivity index (χ1) is 9.24. The van der Waals surface area contributed by atoms with Gasteiger partial charge >= 0.3 is 0 Å². The molecule has 0 aromatic carbocycles. The molecule has 1 N–H and O–H groups in total. The van der Waals surface area contributed by atoms with Crippen LogP contribution in [0.3, 0.4) is 0 Å². The van der Waals surface area contributed by atoms with Crippen LogP contribution in [-0.2, 0) is 17.6 Å². The number of halogens is 2. The van der Waals surface area contributed by atoms with E-state index in [1.807, 2.05) is 0 Å². The summed E-state index contributed by atoms with van der Waals surface area (Å²) in [5, 5.41) is 7.13. The smallest absolute Gasteiger partial charge is 0.261 e. The van der Waals surface area contributed by atoms with Crippen molar-refractivity contribution in [1.29, 1.82) is 0 Å². The maximum absolute atomic E-state index is 11.8. The van der Waals surface area contributed by atoms with Gasteiger partial charge in [-0.15, -0.1) is 0 Å². The summed E-state index contributed by atoms with van der Waals surface area (Å²) < 4.78 is 33.6. The molecule has 108 valence electrons. The minimum atomic E-state index is -2.43. The van der Waals surface area contributed by atoms with Crippen LogP contribution in [0, 0.1) is 5.92 Å². The van der Waals surface area contributed by atoms with Crippen molar-refractivity contribution >= 4 is 0 Å². The Morgan fingerprint density at radius 2 is 2.16 bits per heavy atom. The summed E-state index contributed by atoms with van der Waals surface area (Å²) in [4.78, 5) is 4.26. The molecule has 1 aromatic heterocycles. The Hall–Kier alpha value is -1.08. The van der Waals surface area contributed by atoms with Crippen molar-refractivity contribution < 1.29 is 18.0 Å². The van der Waals surface area contributed by atoms with Crippen LogP contribution >= 0.6 is 0 Å². The van der Waals surface area contributed by atoms with Gasteiger partial charge in [0.05, 0.1) is 6.61 Å². The lowest BCUT2D eigenvalue weighted by Gasteiger charge is -2.20. The zero-order valence-electron chi connectivity index (χ0n) is 10.8. The zero-order valence-corrected chi connectivity index (χ0v) is 10.8. The minimum absolute atomic E-state index is 0.191. The predicted molar refractivity (Wildman–Crippen MR) is 64.1 cm³/mol. The molecular formula is C12H19F2N3O2. The third-order valence-corrected chi connectivity index (χ3v) is 3.15. The molecule has 5 nitrogen and oxygen atoms in total. The van der Waals surface area contributed by atoms with Crippen LogP contribution in [0.25, 0.3) is 0 Å². The molecule has 0 aliphatic carbocycles. The molecule has 0 spiro atoms. The van der Waals surface area contributed by atoms with Crippen LogP contribution in [0.2, 0.25) is 0 Å². The van der Waals surface area contributed by atoms with E-state index in [-0.39, 0.29) is 6.61 Å². The van der Waals surface area contributed by atoms with Gasteiger partial charge in [0.15, 0.2) is 5.82 Å². The maximum atomic E-state index is 11.8. The molecule has 1 aliphatic rings. The molecule has 1 aliphatic heterocycles. The number of nitrogens with zero attached hydrogens (tertiary/aromatic N) is 2. The van der Waals surface area contributed by atoms with E-state index in [1.54, 1.807) is 0 Å². The minimum Gasteiger partial charge on any atom is -0.375 e. The number of alkyl halides is 2. The summed E-state index contributed by atoms with van der Waals surface area (Å²) in [6.45, 7) is 1.72. The first-order valence-corrected chi connectivity index (χ1v) is 6.62. The van der Waals surface area contributed by atoms with Crippen molar-refractivity contribution in [2.75, 3.05) is 26.3 Å². The Bertz CT molecular complexity index is 368. The van der Waals surface area contributed by atoms with Gasteiger partial charge in [0, 0.05) is 12.8 Å². The molecule has 19 heavy (non-hydrogen) atoms. The highest BCUT2D eigenvalue weighted by Crippen LogP contribution is 2.16.